The van der Waals surface area contributed by atoms with E-state index in [1.165, 1.54) is 0 Å². The maximum Gasteiger partial charge on any atom is 0.315 e. The van der Waals surface area contributed by atoms with Crippen LogP contribution in [-0.4, -0.2) is 33.9 Å². The van der Waals surface area contributed by atoms with Crippen molar-refractivity contribution in [3.8, 4) is 0 Å². The van der Waals surface area contributed by atoms with Crippen LogP contribution in [0.4, 0.5) is 4.79 Å². The van der Waals surface area contributed by atoms with Crippen LogP contribution in [-0.2, 0) is 5.60 Å². The average Bonchev–Trinajstić information content (AvgIpc) is 2.90. The molecule has 4 atom stereocenters. The number of hydrogen-bond donors (Lipinski definition) is 4. The molecule has 2 aliphatic rings. The zero-order valence-electron chi connectivity index (χ0n) is 12.8. The number of urea groups is 1. The van der Waals surface area contributed by atoms with Crippen molar-refractivity contribution < 1.29 is 9.90 Å². The largest absolute Gasteiger partial charge is 0.385 e. The molecule has 1 aromatic heterocycles. The van der Waals surface area contributed by atoms with Gasteiger partial charge in [0, 0.05) is 23.0 Å². The highest BCUT2D eigenvalue weighted by Crippen LogP contribution is 2.60. The number of rotatable bonds is 3. The van der Waals surface area contributed by atoms with E-state index in [4.69, 9.17) is 11.6 Å². The van der Waals surface area contributed by atoms with Crippen LogP contribution in [0.15, 0.2) is 18.3 Å². The van der Waals surface area contributed by atoms with Gasteiger partial charge < -0.3 is 15.7 Å². The molecule has 0 bridgehead atoms. The van der Waals surface area contributed by atoms with Gasteiger partial charge >= 0.3 is 6.03 Å². The van der Waals surface area contributed by atoms with Gasteiger partial charge in [-0.2, -0.15) is 5.10 Å². The van der Waals surface area contributed by atoms with Crippen molar-refractivity contribution in [2.45, 2.75) is 31.4 Å². The molecule has 6 nitrogen and oxygen atoms in total. The lowest BCUT2D eigenvalue weighted by atomic mass is 9.86. The smallest absolute Gasteiger partial charge is 0.315 e. The van der Waals surface area contributed by atoms with Gasteiger partial charge in [-0.1, -0.05) is 11.6 Å². The fourth-order valence-electron chi connectivity index (χ4n) is 4.06. The predicted molar refractivity (Wildman–Crippen MR) is 87.2 cm³/mol. The van der Waals surface area contributed by atoms with E-state index in [1.54, 1.807) is 6.20 Å². The number of hydrogen-bond acceptors (Lipinski definition) is 3. The van der Waals surface area contributed by atoms with Crippen molar-refractivity contribution in [1.29, 1.82) is 0 Å². The van der Waals surface area contributed by atoms with Gasteiger partial charge in [0.25, 0.3) is 0 Å². The fraction of sp³-hybridized carbons (Fsp3) is 0.500. The van der Waals surface area contributed by atoms with Gasteiger partial charge in [-0.05, 0) is 49.3 Å². The molecule has 4 rings (SSSR count). The highest BCUT2D eigenvalue weighted by Gasteiger charge is 2.62. The van der Waals surface area contributed by atoms with E-state index in [1.807, 2.05) is 19.1 Å². The van der Waals surface area contributed by atoms with E-state index in [2.05, 4.69) is 20.8 Å². The van der Waals surface area contributed by atoms with E-state index < -0.39 is 5.60 Å². The van der Waals surface area contributed by atoms with Crippen molar-refractivity contribution in [2.75, 3.05) is 6.54 Å². The topological polar surface area (TPSA) is 90.0 Å². The van der Waals surface area contributed by atoms with Crippen LogP contribution in [0.25, 0.3) is 10.9 Å². The minimum Gasteiger partial charge on any atom is -0.385 e. The molecule has 1 aromatic carbocycles. The van der Waals surface area contributed by atoms with Crippen molar-refractivity contribution >= 4 is 28.5 Å². The normalized spacial score (nSPS) is 31.9. The minimum atomic E-state index is -0.901. The van der Waals surface area contributed by atoms with E-state index >= 15 is 0 Å². The van der Waals surface area contributed by atoms with Crippen molar-refractivity contribution in [1.82, 2.24) is 20.8 Å². The number of aliphatic hydroxyl groups is 1. The molecule has 4 N–H and O–H groups in total. The number of carbonyl (C=O) groups excluding carboxylic acids is 1. The third kappa shape index (κ3) is 2.37. The molecule has 23 heavy (non-hydrogen) atoms. The standard InChI is InChI=1S/C16H19ClN4O2/c1-2-18-15(22)20-14-9-5-16(23,6-10(9)14)12-3-8(17)4-13-11(12)7-19-21-13/h3-4,7,9-10,14,23H,2,5-6H2,1H3,(H,19,21)(H2,18,20,22)/t9-,10+,14+,16-. The minimum absolute atomic E-state index is 0.129. The highest BCUT2D eigenvalue weighted by atomic mass is 35.5. The summed E-state index contributed by atoms with van der Waals surface area (Å²) in [7, 11) is 0. The Morgan fingerprint density at radius 1 is 1.48 bits per heavy atom. The third-order valence-corrected chi connectivity index (χ3v) is 5.36. The average molecular weight is 335 g/mol. The third-order valence-electron chi connectivity index (χ3n) is 5.14. The molecule has 0 radical (unpaired) electrons. The first-order valence-electron chi connectivity index (χ1n) is 7.91. The van der Waals surface area contributed by atoms with Crippen LogP contribution < -0.4 is 10.6 Å². The molecule has 2 amide bonds. The number of H-pyrrole nitrogens is 1. The van der Waals surface area contributed by atoms with Gasteiger partial charge in [-0.15, -0.1) is 0 Å². The lowest BCUT2D eigenvalue weighted by molar-refractivity contribution is 0.0299. The van der Waals surface area contributed by atoms with Crippen molar-refractivity contribution in [3.63, 3.8) is 0 Å². The molecular weight excluding hydrogens is 316 g/mol. The number of fused-ring (bicyclic) bond motifs is 2. The van der Waals surface area contributed by atoms with Crippen molar-refractivity contribution in [2.24, 2.45) is 11.8 Å². The van der Waals surface area contributed by atoms with Gasteiger partial charge in [-0.3, -0.25) is 5.10 Å². The Labute approximate surface area is 138 Å². The lowest BCUT2D eigenvalue weighted by Gasteiger charge is -2.27. The monoisotopic (exact) mass is 334 g/mol. The number of nitrogens with one attached hydrogen (secondary N) is 3. The number of amides is 2. The molecule has 2 aromatic rings. The van der Waals surface area contributed by atoms with Gasteiger partial charge in [0.2, 0.25) is 0 Å². The quantitative estimate of drug-likeness (QED) is 0.693. The molecule has 0 spiro atoms. The fourth-order valence-corrected chi connectivity index (χ4v) is 4.28. The van der Waals surface area contributed by atoms with E-state index in [0.717, 1.165) is 16.5 Å². The van der Waals surface area contributed by atoms with Gasteiger partial charge in [0.1, 0.15) is 0 Å². The first-order valence-corrected chi connectivity index (χ1v) is 8.29. The molecule has 0 saturated heterocycles. The van der Waals surface area contributed by atoms with Crippen LogP contribution in [0.5, 0.6) is 0 Å². The lowest BCUT2D eigenvalue weighted by Crippen LogP contribution is -2.39. The van der Waals surface area contributed by atoms with Crippen LogP contribution >= 0.6 is 11.6 Å². The second-order valence-corrected chi connectivity index (χ2v) is 7.02. The number of aromatic amines is 1. The predicted octanol–water partition coefficient (Wildman–Crippen LogP) is 2.13. The van der Waals surface area contributed by atoms with Crippen molar-refractivity contribution in [3.05, 3.63) is 28.9 Å². The molecule has 2 fully saturated rings. The van der Waals surface area contributed by atoms with Crippen LogP contribution in [0, 0.1) is 11.8 Å². The van der Waals surface area contributed by atoms with Gasteiger partial charge in [0.05, 0.1) is 17.3 Å². The zero-order valence-corrected chi connectivity index (χ0v) is 13.5. The highest BCUT2D eigenvalue weighted by molar-refractivity contribution is 6.31. The van der Waals surface area contributed by atoms with Crippen LogP contribution in [0.2, 0.25) is 5.02 Å². The van der Waals surface area contributed by atoms with Gasteiger partial charge in [0.15, 0.2) is 0 Å². The molecule has 0 aliphatic heterocycles. The maximum absolute atomic E-state index is 11.6. The van der Waals surface area contributed by atoms with Gasteiger partial charge in [-0.25, -0.2) is 4.79 Å². The molecule has 2 saturated carbocycles. The number of aromatic nitrogens is 2. The summed E-state index contributed by atoms with van der Waals surface area (Å²) in [5.74, 6) is 0.645. The molecule has 1 heterocycles. The zero-order chi connectivity index (χ0) is 16.2. The Morgan fingerprint density at radius 2 is 2.22 bits per heavy atom. The Morgan fingerprint density at radius 3 is 2.91 bits per heavy atom. The van der Waals surface area contributed by atoms with E-state index in [0.29, 0.717) is 36.2 Å². The summed E-state index contributed by atoms with van der Waals surface area (Å²) in [6, 6.07) is 3.68. The molecule has 2 aliphatic carbocycles. The Hall–Kier alpha value is -1.79. The number of halogens is 1. The summed E-state index contributed by atoms with van der Waals surface area (Å²) < 4.78 is 0. The Bertz CT molecular complexity index is 763. The van der Waals surface area contributed by atoms with Crippen LogP contribution in [0.3, 0.4) is 0 Å². The Balaban J connectivity index is 1.54. The molecule has 0 unspecified atom stereocenters. The number of nitrogens with zero attached hydrogens (tertiary/aromatic N) is 1. The maximum atomic E-state index is 11.6. The molecular formula is C16H19ClN4O2. The summed E-state index contributed by atoms with van der Waals surface area (Å²) in [5, 5.41) is 25.3. The number of carbonyl (C=O) groups is 1. The van der Waals surface area contributed by atoms with E-state index in [9.17, 15) is 9.90 Å². The second kappa shape index (κ2) is 5.11. The molecule has 122 valence electrons. The second-order valence-electron chi connectivity index (χ2n) is 6.58. The summed E-state index contributed by atoms with van der Waals surface area (Å²) in [6.45, 7) is 2.50. The molecule has 7 heteroatoms. The Kier molecular flexibility index (Phi) is 3.28. The van der Waals surface area contributed by atoms with Crippen LogP contribution in [0.1, 0.15) is 25.3 Å². The first-order chi connectivity index (χ1) is 11.0. The summed E-state index contributed by atoms with van der Waals surface area (Å²) in [4.78, 5) is 11.6. The number of benzene rings is 1. The summed E-state index contributed by atoms with van der Waals surface area (Å²) in [6.07, 6.45) is 3.00. The summed E-state index contributed by atoms with van der Waals surface area (Å²) in [5.41, 5.74) is 0.762. The first kappa shape index (κ1) is 14.8. The summed E-state index contributed by atoms with van der Waals surface area (Å²) >= 11 is 6.18. The van der Waals surface area contributed by atoms with E-state index in [-0.39, 0.29) is 12.1 Å². The SMILES string of the molecule is CCNC(=O)N[C@H]1[C@@H]2C[C@](O)(c3cc(Cl)cc4[nH]ncc34)C[C@@H]21.